The summed E-state index contributed by atoms with van der Waals surface area (Å²) in [4.78, 5) is 4.94. The minimum atomic E-state index is 0.0670. The van der Waals surface area contributed by atoms with E-state index in [2.05, 4.69) is 15.2 Å². The zero-order chi connectivity index (χ0) is 13.6. The molecule has 0 aromatic carbocycles. The molecule has 1 fully saturated rings. The molecule has 4 rings (SSSR count). The molecule has 20 heavy (non-hydrogen) atoms. The Bertz CT molecular complexity index is 737. The number of aromatic nitrogens is 5. The van der Waals surface area contributed by atoms with Crippen molar-refractivity contribution in [3.63, 3.8) is 0 Å². The van der Waals surface area contributed by atoms with Crippen LogP contribution in [-0.2, 0) is 5.41 Å². The lowest BCUT2D eigenvalue weighted by atomic mass is 9.69. The van der Waals surface area contributed by atoms with Gasteiger partial charge in [0.05, 0.1) is 0 Å². The fraction of sp³-hybridized carbons (Fsp3) is 0.385. The Labute approximate surface area is 119 Å². The molecule has 2 N–H and O–H groups in total. The van der Waals surface area contributed by atoms with Crippen molar-refractivity contribution < 1.29 is 0 Å². The third-order valence-electron chi connectivity index (χ3n) is 4.07. The van der Waals surface area contributed by atoms with E-state index >= 15 is 0 Å². The Balaban J connectivity index is 1.83. The first-order valence-corrected chi connectivity index (χ1v) is 7.47. The molecular weight excluding hydrogens is 272 g/mol. The Morgan fingerprint density at radius 2 is 2.25 bits per heavy atom. The zero-order valence-corrected chi connectivity index (χ0v) is 11.7. The fourth-order valence-corrected chi connectivity index (χ4v) is 3.71. The van der Waals surface area contributed by atoms with Crippen LogP contribution in [0.3, 0.4) is 0 Å². The standard InChI is InChI=1S/C13H14N6S/c14-8-13(4-2-5-13)11-18-19-10(16-17-12(19)20-11)9-3-1-6-15-7-9/h1,3,6-7H,2,4-5,8,14H2. The summed E-state index contributed by atoms with van der Waals surface area (Å²) in [6.45, 7) is 0.652. The summed E-state index contributed by atoms with van der Waals surface area (Å²) >= 11 is 1.60. The van der Waals surface area contributed by atoms with E-state index in [-0.39, 0.29) is 5.41 Å². The summed E-state index contributed by atoms with van der Waals surface area (Å²) in [5.74, 6) is 0.738. The van der Waals surface area contributed by atoms with Crippen molar-refractivity contribution in [1.82, 2.24) is 24.8 Å². The Morgan fingerprint density at radius 1 is 1.35 bits per heavy atom. The molecule has 3 aromatic rings. The van der Waals surface area contributed by atoms with Crippen molar-refractivity contribution >= 4 is 16.3 Å². The monoisotopic (exact) mass is 286 g/mol. The quantitative estimate of drug-likeness (QED) is 0.791. The second-order valence-corrected chi connectivity index (χ2v) is 6.16. The molecule has 3 heterocycles. The summed E-state index contributed by atoms with van der Waals surface area (Å²) < 4.78 is 1.81. The lowest BCUT2D eigenvalue weighted by Gasteiger charge is -2.38. The van der Waals surface area contributed by atoms with E-state index in [4.69, 9.17) is 10.8 Å². The van der Waals surface area contributed by atoms with Gasteiger partial charge >= 0.3 is 0 Å². The van der Waals surface area contributed by atoms with Crippen molar-refractivity contribution in [3.05, 3.63) is 29.5 Å². The average Bonchev–Trinajstić information content (AvgIpc) is 2.99. The minimum Gasteiger partial charge on any atom is -0.329 e. The summed E-state index contributed by atoms with van der Waals surface area (Å²) in [5, 5.41) is 14.2. The molecule has 6 nitrogen and oxygen atoms in total. The van der Waals surface area contributed by atoms with Crippen molar-refractivity contribution in [3.8, 4) is 11.4 Å². The highest BCUT2D eigenvalue weighted by atomic mass is 32.1. The van der Waals surface area contributed by atoms with Gasteiger partial charge in [-0.05, 0) is 25.0 Å². The van der Waals surface area contributed by atoms with Gasteiger partial charge in [0, 0.05) is 29.9 Å². The molecule has 7 heteroatoms. The maximum Gasteiger partial charge on any atom is 0.234 e. The molecule has 0 aliphatic heterocycles. The second-order valence-electron chi connectivity index (χ2n) is 5.20. The van der Waals surface area contributed by atoms with Gasteiger partial charge in [0.2, 0.25) is 4.96 Å². The van der Waals surface area contributed by atoms with Gasteiger partial charge in [-0.25, -0.2) is 0 Å². The van der Waals surface area contributed by atoms with Gasteiger partial charge in [-0.2, -0.15) is 9.61 Å². The van der Waals surface area contributed by atoms with Crippen molar-refractivity contribution in [2.24, 2.45) is 5.73 Å². The number of fused-ring (bicyclic) bond motifs is 1. The predicted molar refractivity (Wildman–Crippen MR) is 76.5 cm³/mol. The molecule has 0 amide bonds. The molecule has 3 aromatic heterocycles. The fourth-order valence-electron chi connectivity index (χ4n) is 2.62. The van der Waals surface area contributed by atoms with Gasteiger partial charge in [-0.15, -0.1) is 10.2 Å². The first kappa shape index (κ1) is 11.9. The minimum absolute atomic E-state index is 0.0670. The number of pyridine rings is 1. The molecule has 0 unspecified atom stereocenters. The van der Waals surface area contributed by atoms with E-state index in [0.717, 1.165) is 34.2 Å². The number of nitrogens with zero attached hydrogens (tertiary/aromatic N) is 5. The van der Waals surface area contributed by atoms with Crippen LogP contribution in [0, 0.1) is 0 Å². The molecule has 0 spiro atoms. The average molecular weight is 286 g/mol. The molecular formula is C13H14N6S. The first-order chi connectivity index (χ1) is 9.82. The lowest BCUT2D eigenvalue weighted by Crippen LogP contribution is -2.41. The predicted octanol–water partition coefficient (Wildman–Crippen LogP) is 1.63. The largest absolute Gasteiger partial charge is 0.329 e. The molecule has 0 atom stereocenters. The van der Waals surface area contributed by atoms with E-state index in [0.29, 0.717) is 6.54 Å². The van der Waals surface area contributed by atoms with Crippen LogP contribution in [0.25, 0.3) is 16.3 Å². The van der Waals surface area contributed by atoms with Crippen molar-refractivity contribution in [2.75, 3.05) is 6.54 Å². The van der Waals surface area contributed by atoms with Crippen LogP contribution in [0.15, 0.2) is 24.5 Å². The van der Waals surface area contributed by atoms with Gasteiger partial charge in [0.1, 0.15) is 5.01 Å². The van der Waals surface area contributed by atoms with Crippen LogP contribution in [0.2, 0.25) is 0 Å². The number of rotatable bonds is 3. The number of nitrogens with two attached hydrogens (primary N) is 1. The highest BCUT2D eigenvalue weighted by molar-refractivity contribution is 7.16. The summed E-state index contributed by atoms with van der Waals surface area (Å²) in [6.07, 6.45) is 6.99. The highest BCUT2D eigenvalue weighted by Gasteiger charge is 2.41. The molecule has 1 aliphatic rings. The zero-order valence-electron chi connectivity index (χ0n) is 10.9. The van der Waals surface area contributed by atoms with Gasteiger partial charge in [-0.3, -0.25) is 4.98 Å². The smallest absolute Gasteiger partial charge is 0.234 e. The Kier molecular flexibility index (Phi) is 2.58. The summed E-state index contributed by atoms with van der Waals surface area (Å²) in [5.41, 5.74) is 6.94. The van der Waals surface area contributed by atoms with Crippen molar-refractivity contribution in [1.29, 1.82) is 0 Å². The van der Waals surface area contributed by atoms with E-state index in [1.54, 1.807) is 23.7 Å². The van der Waals surface area contributed by atoms with Crippen LogP contribution in [0.4, 0.5) is 0 Å². The van der Waals surface area contributed by atoms with Crippen LogP contribution < -0.4 is 5.73 Å². The summed E-state index contributed by atoms with van der Waals surface area (Å²) in [6, 6.07) is 3.85. The molecule has 1 aliphatic carbocycles. The maximum absolute atomic E-state index is 5.95. The topological polar surface area (TPSA) is 82.0 Å². The van der Waals surface area contributed by atoms with Crippen LogP contribution in [0.5, 0.6) is 0 Å². The molecule has 0 bridgehead atoms. The summed E-state index contributed by atoms with van der Waals surface area (Å²) in [7, 11) is 0. The van der Waals surface area contributed by atoms with Gasteiger partial charge in [0.15, 0.2) is 5.82 Å². The van der Waals surface area contributed by atoms with E-state index in [1.807, 2.05) is 16.6 Å². The molecule has 0 saturated heterocycles. The van der Waals surface area contributed by atoms with Crippen LogP contribution in [-0.4, -0.2) is 31.3 Å². The second kappa shape index (κ2) is 4.32. The molecule has 1 saturated carbocycles. The third-order valence-corrected chi connectivity index (χ3v) is 5.21. The Hall–Kier alpha value is -1.86. The highest BCUT2D eigenvalue weighted by Crippen LogP contribution is 2.44. The SMILES string of the molecule is NCC1(c2nn3c(-c4cccnc4)nnc3s2)CCC1. The van der Waals surface area contributed by atoms with E-state index in [9.17, 15) is 0 Å². The first-order valence-electron chi connectivity index (χ1n) is 6.66. The maximum atomic E-state index is 5.95. The van der Waals surface area contributed by atoms with Crippen molar-refractivity contribution in [2.45, 2.75) is 24.7 Å². The normalized spacial score (nSPS) is 17.2. The third kappa shape index (κ3) is 1.60. The molecule has 102 valence electrons. The van der Waals surface area contributed by atoms with Crippen LogP contribution >= 0.6 is 11.3 Å². The Morgan fingerprint density at radius 3 is 2.90 bits per heavy atom. The molecule has 0 radical (unpaired) electrons. The van der Waals surface area contributed by atoms with E-state index < -0.39 is 0 Å². The van der Waals surface area contributed by atoms with E-state index in [1.165, 1.54) is 6.42 Å². The van der Waals surface area contributed by atoms with Gasteiger partial charge in [-0.1, -0.05) is 17.8 Å². The van der Waals surface area contributed by atoms with Gasteiger partial charge in [0.25, 0.3) is 0 Å². The number of hydrogen-bond acceptors (Lipinski definition) is 6. The number of hydrogen-bond donors (Lipinski definition) is 1. The van der Waals surface area contributed by atoms with Crippen LogP contribution in [0.1, 0.15) is 24.3 Å². The lowest BCUT2D eigenvalue weighted by molar-refractivity contribution is 0.250. The van der Waals surface area contributed by atoms with Gasteiger partial charge < -0.3 is 5.73 Å².